The summed E-state index contributed by atoms with van der Waals surface area (Å²) < 4.78 is 5.56. The first-order valence-electron chi connectivity index (χ1n) is 5.02. The smallest absolute Gasteiger partial charge is 0.123 e. The molecule has 14 heavy (non-hydrogen) atoms. The number of hydrogen-bond donors (Lipinski definition) is 0. The van der Waals surface area contributed by atoms with Crippen LogP contribution in [0.4, 0.5) is 0 Å². The Morgan fingerprint density at radius 2 is 1.93 bits per heavy atom. The highest BCUT2D eigenvalue weighted by atomic mass is 16.5. The van der Waals surface area contributed by atoms with Crippen LogP contribution in [0.2, 0.25) is 0 Å². The molecule has 0 aliphatic carbocycles. The summed E-state index contributed by atoms with van der Waals surface area (Å²) in [5.41, 5.74) is 2.68. The van der Waals surface area contributed by atoms with E-state index in [2.05, 4.69) is 32.0 Å². The van der Waals surface area contributed by atoms with E-state index in [9.17, 15) is 0 Å². The number of benzene rings is 1. The summed E-state index contributed by atoms with van der Waals surface area (Å²) in [6, 6.07) is 6.36. The van der Waals surface area contributed by atoms with Crippen molar-refractivity contribution in [2.75, 3.05) is 0 Å². The Morgan fingerprint density at radius 1 is 1.29 bits per heavy atom. The number of rotatable bonds is 0. The molecule has 1 aliphatic rings. The molecule has 0 amide bonds. The van der Waals surface area contributed by atoms with Crippen LogP contribution in [0.5, 0.6) is 5.75 Å². The molecule has 0 fully saturated rings. The molecule has 0 aromatic heterocycles. The third-order valence-electron chi connectivity index (χ3n) is 2.05. The molecule has 1 heterocycles. The van der Waals surface area contributed by atoms with Crippen LogP contribution in [0.1, 0.15) is 39.3 Å². The maximum atomic E-state index is 5.56. The van der Waals surface area contributed by atoms with Crippen molar-refractivity contribution >= 4 is 0 Å². The van der Waals surface area contributed by atoms with Crippen molar-refractivity contribution in [3.8, 4) is 5.75 Å². The zero-order valence-electron chi connectivity index (χ0n) is 8.92. The van der Waals surface area contributed by atoms with E-state index in [-0.39, 0.29) is 7.43 Å². The lowest BCUT2D eigenvalue weighted by molar-refractivity contribution is 0.254. The average molecular weight is 194 g/mol. The number of aryl methyl sites for hydroxylation is 1. The van der Waals surface area contributed by atoms with Crippen LogP contribution in [0, 0.1) is 6.92 Å². The van der Waals surface area contributed by atoms with E-state index in [1.165, 1.54) is 11.1 Å². The van der Waals surface area contributed by atoms with Crippen molar-refractivity contribution in [3.63, 3.8) is 0 Å². The van der Waals surface area contributed by atoms with E-state index in [4.69, 9.17) is 4.74 Å². The maximum Gasteiger partial charge on any atom is 0.123 e. The molecule has 0 N–H and O–H groups in total. The van der Waals surface area contributed by atoms with Crippen LogP contribution in [0.15, 0.2) is 18.2 Å². The third kappa shape index (κ3) is 2.76. The van der Waals surface area contributed by atoms with Crippen molar-refractivity contribution in [1.82, 2.24) is 0 Å². The predicted octanol–water partition coefficient (Wildman–Crippen LogP) is 3.98. The molecule has 2 rings (SSSR count). The summed E-state index contributed by atoms with van der Waals surface area (Å²) in [6.07, 6.45) is 1.43. The van der Waals surface area contributed by atoms with Crippen LogP contribution < -0.4 is 4.74 Å². The molecule has 80 valence electrons. The highest BCUT2D eigenvalue weighted by Crippen LogP contribution is 2.28. The first kappa shape index (κ1) is 13.0. The van der Waals surface area contributed by atoms with Crippen LogP contribution in [-0.2, 0) is 6.42 Å². The largest absolute Gasteiger partial charge is 0.490 e. The van der Waals surface area contributed by atoms with Gasteiger partial charge >= 0.3 is 0 Å². The summed E-state index contributed by atoms with van der Waals surface area (Å²) in [4.78, 5) is 0. The zero-order valence-corrected chi connectivity index (χ0v) is 8.92. The highest BCUT2D eigenvalue weighted by Gasteiger charge is 2.17. The van der Waals surface area contributed by atoms with Gasteiger partial charge < -0.3 is 4.74 Å². The van der Waals surface area contributed by atoms with E-state index in [0.717, 1.165) is 12.2 Å². The lowest BCUT2D eigenvalue weighted by atomic mass is 10.1. The molecule has 1 aromatic carbocycles. The second-order valence-electron chi connectivity index (χ2n) is 3.24. The normalized spacial score (nSPS) is 17.0. The van der Waals surface area contributed by atoms with Gasteiger partial charge in [0.2, 0.25) is 0 Å². The van der Waals surface area contributed by atoms with Gasteiger partial charge in [0.05, 0.1) is 0 Å². The van der Waals surface area contributed by atoms with Crippen molar-refractivity contribution < 1.29 is 4.74 Å². The molecular formula is C13H22O. The van der Waals surface area contributed by atoms with Gasteiger partial charge in [0.15, 0.2) is 0 Å². The first-order valence-corrected chi connectivity index (χ1v) is 5.02. The summed E-state index contributed by atoms with van der Waals surface area (Å²) in [5, 5.41) is 0. The van der Waals surface area contributed by atoms with Gasteiger partial charge in [0, 0.05) is 6.42 Å². The van der Waals surface area contributed by atoms with Crippen molar-refractivity contribution in [3.05, 3.63) is 29.3 Å². The van der Waals surface area contributed by atoms with Gasteiger partial charge in [-0.2, -0.15) is 0 Å². The third-order valence-corrected chi connectivity index (χ3v) is 2.05. The Hall–Kier alpha value is -0.980. The molecular weight excluding hydrogens is 172 g/mol. The number of ether oxygens (including phenoxy) is 1. The Morgan fingerprint density at radius 3 is 2.57 bits per heavy atom. The van der Waals surface area contributed by atoms with Gasteiger partial charge in [-0.15, -0.1) is 0 Å². The van der Waals surface area contributed by atoms with Crippen molar-refractivity contribution in [2.24, 2.45) is 0 Å². The lowest BCUT2D eigenvalue weighted by Crippen LogP contribution is -2.05. The van der Waals surface area contributed by atoms with E-state index in [0.29, 0.717) is 6.10 Å². The van der Waals surface area contributed by atoms with Gasteiger partial charge in [-0.25, -0.2) is 0 Å². The van der Waals surface area contributed by atoms with Crippen LogP contribution in [-0.4, -0.2) is 6.10 Å². The SMILES string of the molecule is C.CC.Cc1ccc2c(c1)CC(C)O2. The quantitative estimate of drug-likeness (QED) is 0.607. The predicted molar refractivity (Wildman–Crippen MR) is 63.1 cm³/mol. The molecule has 0 saturated carbocycles. The number of fused-ring (bicyclic) bond motifs is 1. The standard InChI is InChI=1S/C10H12O.C2H6.CH4/c1-7-3-4-10-9(5-7)6-8(2)11-10;1-2;/h3-5,8H,6H2,1-2H3;1-2H3;1H4. The fraction of sp³-hybridized carbons (Fsp3) is 0.538. The second kappa shape index (κ2) is 5.69. The molecule has 0 radical (unpaired) electrons. The van der Waals surface area contributed by atoms with E-state index >= 15 is 0 Å². The van der Waals surface area contributed by atoms with E-state index in [1.54, 1.807) is 0 Å². The molecule has 1 aliphatic heterocycles. The van der Waals surface area contributed by atoms with Gasteiger partial charge in [0.25, 0.3) is 0 Å². The topological polar surface area (TPSA) is 9.23 Å². The minimum absolute atomic E-state index is 0. The monoisotopic (exact) mass is 194 g/mol. The van der Waals surface area contributed by atoms with Gasteiger partial charge in [-0.3, -0.25) is 0 Å². The fourth-order valence-electron chi connectivity index (χ4n) is 1.55. The minimum Gasteiger partial charge on any atom is -0.490 e. The molecule has 1 unspecified atom stereocenters. The highest BCUT2D eigenvalue weighted by molar-refractivity contribution is 5.40. The van der Waals surface area contributed by atoms with Gasteiger partial charge in [0.1, 0.15) is 11.9 Å². The summed E-state index contributed by atoms with van der Waals surface area (Å²) >= 11 is 0. The summed E-state index contributed by atoms with van der Waals surface area (Å²) in [6.45, 7) is 8.22. The summed E-state index contributed by atoms with van der Waals surface area (Å²) in [5.74, 6) is 1.07. The Balaban J connectivity index is 0.000000531. The zero-order chi connectivity index (χ0) is 9.84. The number of hydrogen-bond acceptors (Lipinski definition) is 1. The average Bonchev–Trinajstić information content (AvgIpc) is 2.48. The van der Waals surface area contributed by atoms with E-state index in [1.807, 2.05) is 13.8 Å². The van der Waals surface area contributed by atoms with E-state index < -0.39 is 0 Å². The second-order valence-corrected chi connectivity index (χ2v) is 3.24. The lowest BCUT2D eigenvalue weighted by Gasteiger charge is -2.01. The van der Waals surface area contributed by atoms with Crippen molar-refractivity contribution in [1.29, 1.82) is 0 Å². The molecule has 1 atom stereocenters. The molecule has 0 bridgehead atoms. The molecule has 0 saturated heterocycles. The van der Waals surface area contributed by atoms with Crippen LogP contribution in [0.25, 0.3) is 0 Å². The summed E-state index contributed by atoms with van der Waals surface area (Å²) in [7, 11) is 0. The molecule has 0 spiro atoms. The first-order chi connectivity index (χ1) is 6.25. The minimum atomic E-state index is 0. The van der Waals surface area contributed by atoms with Crippen molar-refractivity contribution in [2.45, 2.75) is 47.6 Å². The molecule has 1 nitrogen and oxygen atoms in total. The van der Waals surface area contributed by atoms with Gasteiger partial charge in [-0.05, 0) is 25.5 Å². The Kier molecular flexibility index (Phi) is 5.29. The molecule has 1 heteroatoms. The Bertz CT molecular complexity index is 279. The van der Waals surface area contributed by atoms with Gasteiger partial charge in [-0.1, -0.05) is 39.0 Å². The van der Waals surface area contributed by atoms with Crippen LogP contribution >= 0.6 is 0 Å². The molecule has 1 aromatic rings. The fourth-order valence-corrected chi connectivity index (χ4v) is 1.55. The Labute approximate surface area is 88.1 Å². The maximum absolute atomic E-state index is 5.56. The van der Waals surface area contributed by atoms with Crippen LogP contribution in [0.3, 0.4) is 0 Å².